The van der Waals surface area contributed by atoms with Crippen LogP contribution in [0, 0.1) is 11.8 Å². The number of ether oxygens (including phenoxy) is 1. The monoisotopic (exact) mass is 448 g/mol. The molecular weight excluding hydrogens is 420 g/mol. The summed E-state index contributed by atoms with van der Waals surface area (Å²) in [5.74, 6) is 3.62. The molecule has 2 aromatic carbocycles. The Morgan fingerprint density at radius 3 is 2.15 bits per heavy atom. The summed E-state index contributed by atoms with van der Waals surface area (Å²) in [7, 11) is 0. The molecule has 2 aromatic rings. The van der Waals surface area contributed by atoms with E-state index in [2.05, 4.69) is 22.5 Å². The van der Waals surface area contributed by atoms with Crippen molar-refractivity contribution >= 4 is 18.0 Å². The zero-order chi connectivity index (χ0) is 23.8. The lowest BCUT2D eigenvalue weighted by Crippen LogP contribution is -2.51. The Balaban J connectivity index is 1.66. The van der Waals surface area contributed by atoms with Crippen LogP contribution in [0.15, 0.2) is 48.5 Å². The van der Waals surface area contributed by atoms with E-state index in [1.807, 2.05) is 55.5 Å². The van der Waals surface area contributed by atoms with Crippen LogP contribution >= 0.6 is 0 Å². The van der Waals surface area contributed by atoms with Gasteiger partial charge in [-0.3, -0.25) is 4.79 Å². The lowest BCUT2D eigenvalue weighted by molar-refractivity contribution is -0.142. The molecule has 2 atom stereocenters. The molecule has 3 rings (SSSR count). The number of hydrogen-bond donors (Lipinski definition) is 3. The number of benzene rings is 2. The second-order valence-electron chi connectivity index (χ2n) is 7.84. The molecule has 0 fully saturated rings. The zero-order valence-electron chi connectivity index (χ0n) is 18.8. The van der Waals surface area contributed by atoms with Gasteiger partial charge in [-0.1, -0.05) is 61.9 Å². The topological polar surface area (TPSA) is 105 Å². The summed E-state index contributed by atoms with van der Waals surface area (Å²) in [5, 5.41) is 14.3. The van der Waals surface area contributed by atoms with Gasteiger partial charge in [-0.25, -0.2) is 9.59 Å². The predicted molar refractivity (Wildman–Crippen MR) is 125 cm³/mol. The van der Waals surface area contributed by atoms with Crippen molar-refractivity contribution in [3.63, 3.8) is 0 Å². The number of carbonyl (C=O) groups is 3. The molecule has 0 radical (unpaired) electrons. The van der Waals surface area contributed by atoms with Gasteiger partial charge in [-0.05, 0) is 35.6 Å². The Hall–Kier alpha value is -3.79. The lowest BCUT2D eigenvalue weighted by Gasteiger charge is -2.20. The van der Waals surface area contributed by atoms with E-state index in [0.29, 0.717) is 6.42 Å². The molecule has 0 bridgehead atoms. The van der Waals surface area contributed by atoms with E-state index in [1.165, 1.54) is 0 Å². The highest BCUT2D eigenvalue weighted by Gasteiger charge is 2.30. The Labute approximate surface area is 193 Å². The predicted octanol–water partition coefficient (Wildman–Crippen LogP) is 3.68. The highest BCUT2D eigenvalue weighted by molar-refractivity contribution is 5.89. The number of carboxylic acids is 1. The molecule has 7 nitrogen and oxygen atoms in total. The first kappa shape index (κ1) is 23.9. The normalized spacial score (nSPS) is 13.5. The minimum atomic E-state index is -1.12. The smallest absolute Gasteiger partial charge is 0.407 e. The number of nitrogens with one attached hydrogen (secondary N) is 2. The third kappa shape index (κ3) is 5.72. The molecule has 3 N–H and O–H groups in total. The van der Waals surface area contributed by atoms with Gasteiger partial charge in [0.05, 0.1) is 0 Å². The van der Waals surface area contributed by atoms with Crippen molar-refractivity contribution in [1.82, 2.24) is 10.6 Å². The van der Waals surface area contributed by atoms with Crippen LogP contribution in [0.1, 0.15) is 50.2 Å². The first-order valence-electron chi connectivity index (χ1n) is 11.0. The number of rotatable bonds is 9. The molecular formula is C26H28N2O5. The van der Waals surface area contributed by atoms with Crippen LogP contribution in [-0.4, -0.2) is 41.8 Å². The van der Waals surface area contributed by atoms with Crippen LogP contribution in [0.3, 0.4) is 0 Å². The van der Waals surface area contributed by atoms with Gasteiger partial charge in [-0.2, -0.15) is 0 Å². The van der Waals surface area contributed by atoms with Gasteiger partial charge in [0.2, 0.25) is 5.91 Å². The van der Waals surface area contributed by atoms with Gasteiger partial charge in [-0.15, -0.1) is 11.8 Å². The van der Waals surface area contributed by atoms with Crippen molar-refractivity contribution in [2.45, 2.75) is 51.1 Å². The molecule has 0 heterocycles. The molecule has 7 heteroatoms. The largest absolute Gasteiger partial charge is 0.480 e. The fraction of sp³-hybridized carbons (Fsp3) is 0.346. The average Bonchev–Trinajstić information content (AvgIpc) is 3.13. The molecule has 0 aromatic heterocycles. The van der Waals surface area contributed by atoms with Crippen LogP contribution in [0.2, 0.25) is 0 Å². The Morgan fingerprint density at radius 2 is 1.61 bits per heavy atom. The molecule has 172 valence electrons. The number of aliphatic carboxylic acids is 1. The van der Waals surface area contributed by atoms with Crippen LogP contribution in [-0.2, 0) is 14.3 Å². The average molecular weight is 449 g/mol. The number of carboxylic acid groups (broad SMARTS) is 1. The summed E-state index contributed by atoms with van der Waals surface area (Å²) in [6, 6.07) is 14.0. The summed E-state index contributed by atoms with van der Waals surface area (Å²) in [4.78, 5) is 36.6. The van der Waals surface area contributed by atoms with Gasteiger partial charge in [0.15, 0.2) is 0 Å². The van der Waals surface area contributed by atoms with E-state index in [0.717, 1.165) is 22.3 Å². The molecule has 1 unspecified atom stereocenters. The molecule has 1 aliphatic carbocycles. The van der Waals surface area contributed by atoms with Crippen molar-refractivity contribution < 1.29 is 24.2 Å². The highest BCUT2D eigenvalue weighted by Crippen LogP contribution is 2.44. The first-order valence-corrected chi connectivity index (χ1v) is 11.0. The van der Waals surface area contributed by atoms with Gasteiger partial charge < -0.3 is 20.5 Å². The van der Waals surface area contributed by atoms with Gasteiger partial charge in [0.1, 0.15) is 18.7 Å². The summed E-state index contributed by atoms with van der Waals surface area (Å²) in [6.07, 6.45) is 0.178. The summed E-state index contributed by atoms with van der Waals surface area (Å²) < 4.78 is 5.51. The van der Waals surface area contributed by atoms with E-state index >= 15 is 0 Å². The summed E-state index contributed by atoms with van der Waals surface area (Å²) in [5.41, 5.74) is 4.41. The minimum absolute atomic E-state index is 0.0466. The maximum absolute atomic E-state index is 12.6. The van der Waals surface area contributed by atoms with E-state index in [1.54, 1.807) is 6.92 Å². The van der Waals surface area contributed by atoms with Gasteiger partial charge >= 0.3 is 12.1 Å². The second kappa shape index (κ2) is 11.2. The van der Waals surface area contributed by atoms with Crippen LogP contribution in [0.5, 0.6) is 0 Å². The van der Waals surface area contributed by atoms with E-state index in [-0.39, 0.29) is 25.4 Å². The highest BCUT2D eigenvalue weighted by atomic mass is 16.5. The number of alkyl carbamates (subject to hydrolysis) is 1. The first-order chi connectivity index (χ1) is 16.0. The number of hydrogen-bond acceptors (Lipinski definition) is 4. The van der Waals surface area contributed by atoms with Crippen LogP contribution in [0.4, 0.5) is 4.79 Å². The quantitative estimate of drug-likeness (QED) is 0.508. The Bertz CT molecular complexity index is 1040. The SMILES string of the molecule is CC#CCC(NC(=O)OCC1c2ccccc2-c2ccccc21)C(=O)N[C@@H](CCC)C(=O)O. The third-order valence-electron chi connectivity index (χ3n) is 5.63. The van der Waals surface area contributed by atoms with Gasteiger partial charge in [0.25, 0.3) is 0 Å². The summed E-state index contributed by atoms with van der Waals surface area (Å²) >= 11 is 0. The van der Waals surface area contributed by atoms with Crippen molar-refractivity contribution in [2.24, 2.45) is 0 Å². The fourth-order valence-electron chi connectivity index (χ4n) is 4.01. The maximum Gasteiger partial charge on any atom is 0.407 e. The standard InChI is InChI=1S/C26H28N2O5/c1-3-5-15-22(24(29)27-23(10-4-2)25(30)31)28-26(32)33-16-21-19-13-8-6-11-17(19)18-12-7-9-14-20(18)21/h6-9,11-14,21-23H,4,10,15-16H2,1-2H3,(H,27,29)(H,28,32)(H,30,31)/t22?,23-/m0/s1. The number of fused-ring (bicyclic) bond motifs is 3. The molecule has 0 saturated heterocycles. The van der Waals surface area contributed by atoms with Crippen LogP contribution in [0.25, 0.3) is 11.1 Å². The number of carbonyl (C=O) groups excluding carboxylic acids is 2. The fourth-order valence-corrected chi connectivity index (χ4v) is 4.01. The van der Waals surface area contributed by atoms with Crippen molar-refractivity contribution in [3.05, 3.63) is 59.7 Å². The van der Waals surface area contributed by atoms with E-state index in [9.17, 15) is 19.5 Å². The van der Waals surface area contributed by atoms with Crippen molar-refractivity contribution in [1.29, 1.82) is 0 Å². The van der Waals surface area contributed by atoms with Gasteiger partial charge in [0, 0.05) is 12.3 Å². The molecule has 0 aliphatic heterocycles. The molecule has 33 heavy (non-hydrogen) atoms. The number of amides is 2. The van der Waals surface area contributed by atoms with E-state index < -0.39 is 30.1 Å². The molecule has 1 aliphatic rings. The molecule has 0 saturated carbocycles. The maximum atomic E-state index is 12.6. The Kier molecular flexibility index (Phi) is 8.09. The third-order valence-corrected chi connectivity index (χ3v) is 5.63. The van der Waals surface area contributed by atoms with E-state index in [4.69, 9.17) is 4.74 Å². The lowest BCUT2D eigenvalue weighted by atomic mass is 9.98. The van der Waals surface area contributed by atoms with Crippen molar-refractivity contribution in [2.75, 3.05) is 6.61 Å². The second-order valence-corrected chi connectivity index (χ2v) is 7.84. The molecule has 2 amide bonds. The Morgan fingerprint density at radius 1 is 1.00 bits per heavy atom. The van der Waals surface area contributed by atoms with Crippen LogP contribution < -0.4 is 10.6 Å². The summed E-state index contributed by atoms with van der Waals surface area (Å²) in [6.45, 7) is 3.57. The minimum Gasteiger partial charge on any atom is -0.480 e. The van der Waals surface area contributed by atoms with Crippen molar-refractivity contribution in [3.8, 4) is 23.0 Å². The zero-order valence-corrected chi connectivity index (χ0v) is 18.8. The molecule has 0 spiro atoms.